The second-order valence-corrected chi connectivity index (χ2v) is 7.73. The van der Waals surface area contributed by atoms with Crippen LogP contribution in [0.1, 0.15) is 42.0 Å². The van der Waals surface area contributed by atoms with E-state index in [4.69, 9.17) is 5.26 Å². The van der Waals surface area contributed by atoms with Crippen LogP contribution in [-0.2, 0) is 22.7 Å². The number of carbonyl (C=O) groups excluding carboxylic acids is 2. The van der Waals surface area contributed by atoms with Crippen molar-refractivity contribution in [2.24, 2.45) is 5.92 Å². The van der Waals surface area contributed by atoms with Crippen LogP contribution in [0.5, 0.6) is 0 Å². The van der Waals surface area contributed by atoms with E-state index in [0.29, 0.717) is 31.7 Å². The molecule has 2 aromatic carbocycles. The molecule has 1 unspecified atom stereocenters. The molecular formula is C24H27N3O2. The van der Waals surface area contributed by atoms with Gasteiger partial charge in [0.1, 0.15) is 0 Å². The first-order chi connectivity index (χ1) is 14.0. The Balaban J connectivity index is 1.65. The largest absolute Gasteiger partial charge is 0.338 e. The van der Waals surface area contributed by atoms with E-state index in [-0.39, 0.29) is 24.2 Å². The molecule has 1 atom stereocenters. The molecule has 1 saturated heterocycles. The van der Waals surface area contributed by atoms with Crippen LogP contribution in [0.25, 0.3) is 0 Å². The van der Waals surface area contributed by atoms with Gasteiger partial charge < -0.3 is 9.80 Å². The van der Waals surface area contributed by atoms with Crippen molar-refractivity contribution in [2.45, 2.75) is 39.8 Å². The first-order valence-electron chi connectivity index (χ1n) is 10.1. The van der Waals surface area contributed by atoms with E-state index in [1.807, 2.05) is 55.1 Å². The summed E-state index contributed by atoms with van der Waals surface area (Å²) in [4.78, 5) is 29.3. The Labute approximate surface area is 172 Å². The lowest BCUT2D eigenvalue weighted by molar-refractivity contribution is -0.136. The molecule has 1 fully saturated rings. The highest BCUT2D eigenvalue weighted by molar-refractivity contribution is 5.89. The van der Waals surface area contributed by atoms with Gasteiger partial charge in [-0.3, -0.25) is 9.59 Å². The van der Waals surface area contributed by atoms with Gasteiger partial charge in [-0.15, -0.1) is 0 Å². The standard InChI is InChI=1S/C24H27N3O2/c1-3-12-26(15-21-10-8-19(14-25)9-11-21)24(29)22-13-23(28)27(17-22)16-20-6-4-18(2)5-7-20/h4-11,22H,3,12-13,15-17H2,1-2H3. The number of amides is 2. The van der Waals surface area contributed by atoms with Gasteiger partial charge in [0.25, 0.3) is 0 Å². The molecule has 0 N–H and O–H groups in total. The number of likely N-dealkylation sites (tertiary alicyclic amines) is 1. The van der Waals surface area contributed by atoms with Crippen molar-refractivity contribution in [3.8, 4) is 6.07 Å². The Hall–Kier alpha value is -3.13. The Morgan fingerprint density at radius 2 is 1.79 bits per heavy atom. The third-order valence-electron chi connectivity index (χ3n) is 5.32. The second-order valence-electron chi connectivity index (χ2n) is 7.73. The summed E-state index contributed by atoms with van der Waals surface area (Å²) in [5, 5.41) is 8.94. The van der Waals surface area contributed by atoms with E-state index in [2.05, 4.69) is 6.07 Å². The third kappa shape index (κ3) is 5.23. The molecule has 150 valence electrons. The molecule has 0 saturated carbocycles. The van der Waals surface area contributed by atoms with E-state index in [0.717, 1.165) is 17.5 Å². The monoisotopic (exact) mass is 389 g/mol. The Morgan fingerprint density at radius 1 is 1.14 bits per heavy atom. The van der Waals surface area contributed by atoms with Gasteiger partial charge in [0, 0.05) is 32.6 Å². The van der Waals surface area contributed by atoms with E-state index in [1.165, 1.54) is 5.56 Å². The molecule has 1 heterocycles. The fourth-order valence-corrected chi connectivity index (χ4v) is 3.70. The van der Waals surface area contributed by atoms with Gasteiger partial charge in [0.05, 0.1) is 17.6 Å². The molecule has 0 aromatic heterocycles. The molecule has 3 rings (SSSR count). The number of hydrogen-bond acceptors (Lipinski definition) is 3. The van der Waals surface area contributed by atoms with Crippen LogP contribution in [0.4, 0.5) is 0 Å². The number of carbonyl (C=O) groups is 2. The summed E-state index contributed by atoms with van der Waals surface area (Å²) in [7, 11) is 0. The highest BCUT2D eigenvalue weighted by Crippen LogP contribution is 2.23. The van der Waals surface area contributed by atoms with Crippen molar-refractivity contribution in [3.05, 3.63) is 70.8 Å². The van der Waals surface area contributed by atoms with Gasteiger partial charge in [-0.25, -0.2) is 0 Å². The quantitative estimate of drug-likeness (QED) is 0.726. The Bertz CT molecular complexity index is 897. The molecule has 0 spiro atoms. The lowest BCUT2D eigenvalue weighted by Gasteiger charge is -2.25. The fourth-order valence-electron chi connectivity index (χ4n) is 3.70. The first-order valence-corrected chi connectivity index (χ1v) is 10.1. The van der Waals surface area contributed by atoms with E-state index < -0.39 is 0 Å². The smallest absolute Gasteiger partial charge is 0.228 e. The highest BCUT2D eigenvalue weighted by Gasteiger charge is 2.36. The average molecular weight is 389 g/mol. The van der Waals surface area contributed by atoms with Crippen molar-refractivity contribution in [1.29, 1.82) is 5.26 Å². The maximum Gasteiger partial charge on any atom is 0.228 e. The zero-order chi connectivity index (χ0) is 20.8. The molecule has 5 heteroatoms. The topological polar surface area (TPSA) is 64.4 Å². The number of benzene rings is 2. The lowest BCUT2D eigenvalue weighted by Crippen LogP contribution is -2.37. The van der Waals surface area contributed by atoms with Crippen LogP contribution in [0.2, 0.25) is 0 Å². The van der Waals surface area contributed by atoms with Crippen molar-refractivity contribution < 1.29 is 9.59 Å². The van der Waals surface area contributed by atoms with Gasteiger partial charge in [0.15, 0.2) is 0 Å². The fraction of sp³-hybridized carbons (Fsp3) is 0.375. The third-order valence-corrected chi connectivity index (χ3v) is 5.32. The van der Waals surface area contributed by atoms with Crippen LogP contribution in [0.15, 0.2) is 48.5 Å². The molecule has 0 radical (unpaired) electrons. The minimum atomic E-state index is -0.294. The van der Waals surface area contributed by atoms with Crippen molar-refractivity contribution >= 4 is 11.8 Å². The Morgan fingerprint density at radius 3 is 2.41 bits per heavy atom. The molecule has 2 amide bonds. The zero-order valence-corrected chi connectivity index (χ0v) is 17.1. The molecule has 0 bridgehead atoms. The van der Waals surface area contributed by atoms with Crippen LogP contribution in [-0.4, -0.2) is 34.7 Å². The molecular weight excluding hydrogens is 362 g/mol. The number of rotatable bonds is 7. The van der Waals surface area contributed by atoms with Crippen LogP contribution < -0.4 is 0 Å². The number of hydrogen-bond donors (Lipinski definition) is 0. The molecule has 1 aliphatic rings. The summed E-state index contributed by atoms with van der Waals surface area (Å²) in [5.41, 5.74) is 3.87. The van der Waals surface area contributed by atoms with Crippen molar-refractivity contribution in [3.63, 3.8) is 0 Å². The first kappa shape index (κ1) is 20.6. The van der Waals surface area contributed by atoms with Crippen LogP contribution in [0.3, 0.4) is 0 Å². The summed E-state index contributed by atoms with van der Waals surface area (Å²) in [6.45, 7) is 6.26. The summed E-state index contributed by atoms with van der Waals surface area (Å²) < 4.78 is 0. The minimum Gasteiger partial charge on any atom is -0.338 e. The van der Waals surface area contributed by atoms with E-state index >= 15 is 0 Å². The maximum atomic E-state index is 13.1. The lowest BCUT2D eigenvalue weighted by atomic mass is 10.1. The normalized spacial score (nSPS) is 16.0. The van der Waals surface area contributed by atoms with Gasteiger partial charge in [-0.2, -0.15) is 5.26 Å². The predicted molar refractivity (Wildman–Crippen MR) is 112 cm³/mol. The summed E-state index contributed by atoms with van der Waals surface area (Å²) in [5.74, 6) is -0.215. The predicted octanol–water partition coefficient (Wildman–Crippen LogP) is 3.65. The number of nitrogens with zero attached hydrogens (tertiary/aromatic N) is 3. The molecule has 0 aliphatic carbocycles. The summed E-state index contributed by atoms with van der Waals surface area (Å²) >= 11 is 0. The van der Waals surface area contributed by atoms with E-state index in [1.54, 1.807) is 17.0 Å². The van der Waals surface area contributed by atoms with Gasteiger partial charge in [0.2, 0.25) is 11.8 Å². The molecule has 5 nitrogen and oxygen atoms in total. The number of aryl methyl sites for hydroxylation is 1. The van der Waals surface area contributed by atoms with Crippen LogP contribution in [0, 0.1) is 24.2 Å². The molecule has 29 heavy (non-hydrogen) atoms. The maximum absolute atomic E-state index is 13.1. The number of nitriles is 1. The molecule has 2 aromatic rings. The minimum absolute atomic E-state index is 0.0379. The molecule has 1 aliphatic heterocycles. The van der Waals surface area contributed by atoms with Gasteiger partial charge >= 0.3 is 0 Å². The van der Waals surface area contributed by atoms with Crippen LogP contribution >= 0.6 is 0 Å². The second kappa shape index (κ2) is 9.38. The average Bonchev–Trinajstić information content (AvgIpc) is 3.09. The SMILES string of the molecule is CCCN(Cc1ccc(C#N)cc1)C(=O)C1CC(=O)N(Cc2ccc(C)cc2)C1. The van der Waals surface area contributed by atoms with Crippen molar-refractivity contribution in [1.82, 2.24) is 9.80 Å². The van der Waals surface area contributed by atoms with Crippen molar-refractivity contribution in [2.75, 3.05) is 13.1 Å². The summed E-state index contributed by atoms with van der Waals surface area (Å²) in [6.07, 6.45) is 1.13. The van der Waals surface area contributed by atoms with Gasteiger partial charge in [-0.05, 0) is 36.6 Å². The zero-order valence-electron chi connectivity index (χ0n) is 17.1. The summed E-state index contributed by atoms with van der Waals surface area (Å²) in [6, 6.07) is 17.6. The van der Waals surface area contributed by atoms with E-state index in [9.17, 15) is 9.59 Å². The highest BCUT2D eigenvalue weighted by atomic mass is 16.2. The Kier molecular flexibility index (Phi) is 6.66. The van der Waals surface area contributed by atoms with Gasteiger partial charge in [-0.1, -0.05) is 48.9 Å².